The molecule has 0 saturated heterocycles. The highest BCUT2D eigenvalue weighted by atomic mass is 35.5. The van der Waals surface area contributed by atoms with Gasteiger partial charge in [0, 0.05) is 5.88 Å². The van der Waals surface area contributed by atoms with E-state index < -0.39 is 0 Å². The summed E-state index contributed by atoms with van der Waals surface area (Å²) in [5.74, 6) is 0.545. The van der Waals surface area contributed by atoms with Gasteiger partial charge in [0.1, 0.15) is 0 Å². The molecule has 0 aliphatic carbocycles. The van der Waals surface area contributed by atoms with Crippen molar-refractivity contribution in [2.45, 2.75) is 38.5 Å². The quantitative estimate of drug-likeness (QED) is 0.406. The Morgan fingerprint density at radius 2 is 1.76 bits per heavy atom. The first-order valence-corrected chi connectivity index (χ1v) is 8.23. The number of hydrogen-bond acceptors (Lipinski definition) is 0. The van der Waals surface area contributed by atoms with Crippen molar-refractivity contribution < 1.29 is 0 Å². The van der Waals surface area contributed by atoms with Gasteiger partial charge in [-0.2, -0.15) is 0 Å². The SMILES string of the molecule is C=Cc1cccc(-c2ccccc2CCl)c1CCCCC. The summed E-state index contributed by atoms with van der Waals surface area (Å²) in [5.41, 5.74) is 6.39. The third kappa shape index (κ3) is 3.77. The van der Waals surface area contributed by atoms with Gasteiger partial charge >= 0.3 is 0 Å². The molecule has 110 valence electrons. The smallest absolute Gasteiger partial charge is 0.0480 e. The van der Waals surface area contributed by atoms with Crippen molar-refractivity contribution in [3.8, 4) is 11.1 Å². The van der Waals surface area contributed by atoms with Gasteiger partial charge in [-0.3, -0.25) is 0 Å². The zero-order valence-corrected chi connectivity index (χ0v) is 13.5. The van der Waals surface area contributed by atoms with Gasteiger partial charge in [0.25, 0.3) is 0 Å². The molecule has 21 heavy (non-hydrogen) atoms. The van der Waals surface area contributed by atoms with E-state index in [0.717, 1.165) is 6.42 Å². The fraction of sp³-hybridized carbons (Fsp3) is 0.300. The van der Waals surface area contributed by atoms with Crippen LogP contribution in [0.1, 0.15) is 42.9 Å². The minimum absolute atomic E-state index is 0.545. The topological polar surface area (TPSA) is 0 Å². The first-order valence-electron chi connectivity index (χ1n) is 7.70. The molecule has 2 aromatic rings. The van der Waals surface area contributed by atoms with E-state index in [1.54, 1.807) is 0 Å². The minimum Gasteiger partial charge on any atom is -0.122 e. The summed E-state index contributed by atoms with van der Waals surface area (Å²) in [6.07, 6.45) is 6.79. The van der Waals surface area contributed by atoms with E-state index in [1.165, 1.54) is 47.1 Å². The molecular formula is C20H23Cl. The number of halogens is 1. The number of hydrogen-bond donors (Lipinski definition) is 0. The van der Waals surface area contributed by atoms with Crippen molar-refractivity contribution in [2.75, 3.05) is 0 Å². The third-order valence-electron chi connectivity index (χ3n) is 3.91. The first-order chi connectivity index (χ1) is 10.3. The highest BCUT2D eigenvalue weighted by Crippen LogP contribution is 2.31. The van der Waals surface area contributed by atoms with Gasteiger partial charge < -0.3 is 0 Å². The van der Waals surface area contributed by atoms with Crippen LogP contribution in [-0.2, 0) is 12.3 Å². The molecule has 0 aliphatic rings. The van der Waals surface area contributed by atoms with Gasteiger partial charge in [-0.1, -0.05) is 74.9 Å². The van der Waals surface area contributed by atoms with Crippen LogP contribution >= 0.6 is 11.6 Å². The molecule has 0 unspecified atom stereocenters. The molecule has 0 nitrogen and oxygen atoms in total. The summed E-state index contributed by atoms with van der Waals surface area (Å²) in [4.78, 5) is 0. The van der Waals surface area contributed by atoms with E-state index in [9.17, 15) is 0 Å². The molecule has 0 saturated carbocycles. The minimum atomic E-state index is 0.545. The molecule has 0 fully saturated rings. The molecule has 0 aromatic heterocycles. The van der Waals surface area contributed by atoms with E-state index in [0.29, 0.717) is 5.88 Å². The Balaban J connectivity index is 2.49. The fourth-order valence-corrected chi connectivity index (χ4v) is 3.01. The second-order valence-corrected chi connectivity index (χ2v) is 5.59. The van der Waals surface area contributed by atoms with Gasteiger partial charge in [0.15, 0.2) is 0 Å². The zero-order valence-electron chi connectivity index (χ0n) is 12.7. The number of unbranched alkanes of at least 4 members (excludes halogenated alkanes) is 2. The predicted octanol–water partition coefficient (Wildman–Crippen LogP) is 6.47. The number of rotatable bonds is 7. The van der Waals surface area contributed by atoms with Crippen LogP contribution < -0.4 is 0 Å². The normalized spacial score (nSPS) is 10.6. The maximum Gasteiger partial charge on any atom is 0.0480 e. The average Bonchev–Trinajstić information content (AvgIpc) is 2.55. The lowest BCUT2D eigenvalue weighted by Crippen LogP contribution is -1.96. The molecule has 0 amide bonds. The van der Waals surface area contributed by atoms with Gasteiger partial charge in [0.2, 0.25) is 0 Å². The van der Waals surface area contributed by atoms with Crippen LogP contribution in [0.15, 0.2) is 49.0 Å². The Morgan fingerprint density at radius 1 is 1.00 bits per heavy atom. The lowest BCUT2D eigenvalue weighted by molar-refractivity contribution is 0.717. The van der Waals surface area contributed by atoms with Gasteiger partial charge in [-0.05, 0) is 40.7 Å². The van der Waals surface area contributed by atoms with Crippen LogP contribution in [0.25, 0.3) is 17.2 Å². The van der Waals surface area contributed by atoms with Gasteiger partial charge in [0.05, 0.1) is 0 Å². The van der Waals surface area contributed by atoms with Crippen LogP contribution in [0.2, 0.25) is 0 Å². The van der Waals surface area contributed by atoms with E-state index in [1.807, 2.05) is 6.08 Å². The molecule has 0 aliphatic heterocycles. The number of benzene rings is 2. The fourth-order valence-electron chi connectivity index (χ4n) is 2.78. The van der Waals surface area contributed by atoms with Crippen molar-refractivity contribution in [1.82, 2.24) is 0 Å². The molecule has 0 N–H and O–H groups in total. The van der Waals surface area contributed by atoms with E-state index in [-0.39, 0.29) is 0 Å². The van der Waals surface area contributed by atoms with Gasteiger partial charge in [-0.15, -0.1) is 11.6 Å². The van der Waals surface area contributed by atoms with Crippen molar-refractivity contribution in [1.29, 1.82) is 0 Å². The summed E-state index contributed by atoms with van der Waals surface area (Å²) in [7, 11) is 0. The maximum atomic E-state index is 6.11. The van der Waals surface area contributed by atoms with Crippen LogP contribution in [-0.4, -0.2) is 0 Å². The summed E-state index contributed by atoms with van der Waals surface area (Å²) in [6, 6.07) is 14.9. The maximum absolute atomic E-state index is 6.11. The average molecular weight is 299 g/mol. The molecule has 0 radical (unpaired) electrons. The van der Waals surface area contributed by atoms with Crippen LogP contribution in [0, 0.1) is 0 Å². The predicted molar refractivity (Wildman–Crippen MR) is 94.8 cm³/mol. The molecule has 0 bridgehead atoms. The highest BCUT2D eigenvalue weighted by Gasteiger charge is 2.11. The third-order valence-corrected chi connectivity index (χ3v) is 4.20. The van der Waals surface area contributed by atoms with Crippen LogP contribution in [0.3, 0.4) is 0 Å². The second kappa shape index (κ2) is 8.05. The summed E-state index contributed by atoms with van der Waals surface area (Å²) in [6.45, 7) is 6.21. The summed E-state index contributed by atoms with van der Waals surface area (Å²) in [5, 5.41) is 0. The molecule has 2 rings (SSSR count). The van der Waals surface area contributed by atoms with E-state index in [4.69, 9.17) is 11.6 Å². The Labute approximate surface area is 133 Å². The monoisotopic (exact) mass is 298 g/mol. The molecular weight excluding hydrogens is 276 g/mol. The zero-order chi connectivity index (χ0) is 15.1. The van der Waals surface area contributed by atoms with Crippen LogP contribution in [0.4, 0.5) is 0 Å². The van der Waals surface area contributed by atoms with Crippen molar-refractivity contribution in [2.24, 2.45) is 0 Å². The summed E-state index contributed by atoms with van der Waals surface area (Å²) >= 11 is 6.11. The van der Waals surface area contributed by atoms with Crippen LogP contribution in [0.5, 0.6) is 0 Å². The lowest BCUT2D eigenvalue weighted by Gasteiger charge is -2.15. The largest absolute Gasteiger partial charge is 0.122 e. The van der Waals surface area contributed by atoms with Gasteiger partial charge in [-0.25, -0.2) is 0 Å². The van der Waals surface area contributed by atoms with Crippen molar-refractivity contribution in [3.05, 3.63) is 65.7 Å². The van der Waals surface area contributed by atoms with Crippen molar-refractivity contribution in [3.63, 3.8) is 0 Å². The molecule has 0 atom stereocenters. The number of alkyl halides is 1. The molecule has 1 heteroatoms. The lowest BCUT2D eigenvalue weighted by atomic mass is 9.90. The first kappa shape index (κ1) is 15.9. The molecule has 0 heterocycles. The van der Waals surface area contributed by atoms with E-state index in [2.05, 4.69) is 56.0 Å². The highest BCUT2D eigenvalue weighted by molar-refractivity contribution is 6.17. The second-order valence-electron chi connectivity index (χ2n) is 5.33. The van der Waals surface area contributed by atoms with E-state index >= 15 is 0 Å². The molecule has 0 spiro atoms. The Hall–Kier alpha value is -1.53. The molecule has 2 aromatic carbocycles. The standard InChI is InChI=1S/C20H23Cl/c1-3-5-6-12-18-16(4-2)11-9-14-20(18)19-13-8-7-10-17(19)15-21/h4,7-11,13-14H,2-3,5-6,12,15H2,1H3. The van der Waals surface area contributed by atoms with Crippen molar-refractivity contribution >= 4 is 17.7 Å². The Morgan fingerprint density at radius 3 is 2.48 bits per heavy atom. The summed E-state index contributed by atoms with van der Waals surface area (Å²) < 4.78 is 0. The Kier molecular flexibility index (Phi) is 6.07. The Bertz CT molecular complexity index is 599.